The molecule has 25 heavy (non-hydrogen) atoms. The second kappa shape index (κ2) is 9.69. The zero-order valence-corrected chi connectivity index (χ0v) is 15.3. The first-order valence-electron chi connectivity index (χ1n) is 8.48. The molecule has 0 amide bonds. The first-order valence-corrected chi connectivity index (χ1v) is 8.48. The summed E-state index contributed by atoms with van der Waals surface area (Å²) < 4.78 is 5.31. The van der Waals surface area contributed by atoms with Gasteiger partial charge in [-0.05, 0) is 43.8 Å². The third-order valence-electron chi connectivity index (χ3n) is 4.10. The van der Waals surface area contributed by atoms with Gasteiger partial charge in [0.25, 0.3) is 0 Å². The van der Waals surface area contributed by atoms with E-state index in [1.165, 1.54) is 5.56 Å². The topological polar surface area (TPSA) is 62.9 Å². The average molecular weight is 340 g/mol. The molecular weight excluding hydrogens is 312 g/mol. The van der Waals surface area contributed by atoms with Gasteiger partial charge in [-0.15, -0.1) is 0 Å². The van der Waals surface area contributed by atoms with Gasteiger partial charge in [-0.2, -0.15) is 0 Å². The van der Waals surface area contributed by atoms with Gasteiger partial charge in [0.2, 0.25) is 0 Å². The third kappa shape index (κ3) is 6.12. The van der Waals surface area contributed by atoms with E-state index in [0.717, 1.165) is 24.3 Å². The van der Waals surface area contributed by atoms with Crippen molar-refractivity contribution in [3.8, 4) is 5.75 Å². The van der Waals surface area contributed by atoms with Crippen LogP contribution >= 0.6 is 0 Å². The maximum absolute atomic E-state index is 6.02. The largest absolute Gasteiger partial charge is 0.497 e. The van der Waals surface area contributed by atoms with Crippen LogP contribution in [-0.2, 0) is 6.42 Å². The number of methoxy groups -OCH3 is 1. The van der Waals surface area contributed by atoms with Gasteiger partial charge in [0, 0.05) is 6.54 Å². The summed E-state index contributed by atoms with van der Waals surface area (Å²) in [6.07, 6.45) is 0.921. The van der Waals surface area contributed by atoms with Gasteiger partial charge < -0.3 is 20.7 Å². The lowest BCUT2D eigenvalue weighted by atomic mass is 10.1. The molecule has 2 aromatic rings. The van der Waals surface area contributed by atoms with E-state index in [9.17, 15) is 0 Å². The predicted molar refractivity (Wildman–Crippen MR) is 104 cm³/mol. The SMILES string of the molecule is COc1cccc(C(CN=C(N)NCCc2ccccc2)N(C)C)c1. The number of aliphatic imine (C=N–C) groups is 1. The molecular formula is C20H28N4O. The Morgan fingerprint density at radius 1 is 1.16 bits per heavy atom. The lowest BCUT2D eigenvalue weighted by Crippen LogP contribution is -2.34. The van der Waals surface area contributed by atoms with Crippen molar-refractivity contribution >= 4 is 5.96 Å². The Bertz CT molecular complexity index is 670. The molecule has 134 valence electrons. The molecule has 5 heteroatoms. The van der Waals surface area contributed by atoms with Crippen molar-refractivity contribution < 1.29 is 4.74 Å². The Balaban J connectivity index is 1.91. The maximum atomic E-state index is 6.02. The highest BCUT2D eigenvalue weighted by Crippen LogP contribution is 2.22. The van der Waals surface area contributed by atoms with Gasteiger partial charge >= 0.3 is 0 Å². The van der Waals surface area contributed by atoms with E-state index >= 15 is 0 Å². The van der Waals surface area contributed by atoms with Gasteiger partial charge in [0.15, 0.2) is 5.96 Å². The lowest BCUT2D eigenvalue weighted by molar-refractivity contribution is 0.305. The van der Waals surface area contributed by atoms with Gasteiger partial charge in [0.05, 0.1) is 19.7 Å². The average Bonchev–Trinajstić information content (AvgIpc) is 2.62. The van der Waals surface area contributed by atoms with E-state index in [2.05, 4.69) is 33.4 Å². The summed E-state index contributed by atoms with van der Waals surface area (Å²) in [6, 6.07) is 18.5. The first-order chi connectivity index (χ1) is 12.1. The molecule has 3 N–H and O–H groups in total. The van der Waals surface area contributed by atoms with Gasteiger partial charge in [-0.1, -0.05) is 42.5 Å². The summed E-state index contributed by atoms with van der Waals surface area (Å²) in [6.45, 7) is 1.36. The summed E-state index contributed by atoms with van der Waals surface area (Å²) in [5.74, 6) is 1.33. The normalized spacial score (nSPS) is 12.9. The first kappa shape index (κ1) is 18.8. The summed E-state index contributed by atoms with van der Waals surface area (Å²) >= 11 is 0. The predicted octanol–water partition coefficient (Wildman–Crippen LogP) is 2.44. The van der Waals surface area contributed by atoms with Crippen LogP contribution in [0.4, 0.5) is 0 Å². The quantitative estimate of drug-likeness (QED) is 0.572. The molecule has 0 aliphatic heterocycles. The number of nitrogens with two attached hydrogens (primary N) is 1. The Morgan fingerprint density at radius 2 is 1.92 bits per heavy atom. The Labute approximate surface area is 150 Å². The van der Waals surface area contributed by atoms with E-state index in [0.29, 0.717) is 12.5 Å². The van der Waals surface area contributed by atoms with Crippen molar-refractivity contribution in [3.05, 3.63) is 65.7 Å². The van der Waals surface area contributed by atoms with Crippen molar-refractivity contribution in [3.63, 3.8) is 0 Å². The molecule has 0 fully saturated rings. The summed E-state index contributed by atoms with van der Waals surface area (Å²) in [5, 5.41) is 3.18. The minimum absolute atomic E-state index is 0.143. The van der Waals surface area contributed by atoms with Crippen molar-refractivity contribution in [2.24, 2.45) is 10.7 Å². The molecule has 0 aromatic heterocycles. The fourth-order valence-corrected chi connectivity index (χ4v) is 2.64. The van der Waals surface area contributed by atoms with Crippen LogP contribution in [0.25, 0.3) is 0 Å². The molecule has 0 radical (unpaired) electrons. The van der Waals surface area contributed by atoms with Gasteiger partial charge in [-0.25, -0.2) is 0 Å². The van der Waals surface area contributed by atoms with Crippen LogP contribution in [0.2, 0.25) is 0 Å². The van der Waals surface area contributed by atoms with Crippen LogP contribution in [0.15, 0.2) is 59.6 Å². The van der Waals surface area contributed by atoms with E-state index in [1.54, 1.807) is 7.11 Å². The molecule has 0 saturated heterocycles. The zero-order chi connectivity index (χ0) is 18.1. The maximum Gasteiger partial charge on any atom is 0.188 e. The molecule has 0 saturated carbocycles. The Morgan fingerprint density at radius 3 is 2.60 bits per heavy atom. The zero-order valence-electron chi connectivity index (χ0n) is 15.3. The second-order valence-corrected chi connectivity index (χ2v) is 6.14. The number of hydrogen-bond acceptors (Lipinski definition) is 3. The Hall–Kier alpha value is -2.53. The molecule has 1 atom stereocenters. The van der Waals surface area contributed by atoms with E-state index < -0.39 is 0 Å². The molecule has 1 unspecified atom stereocenters. The monoisotopic (exact) mass is 340 g/mol. The van der Waals surface area contributed by atoms with Crippen LogP contribution < -0.4 is 15.8 Å². The molecule has 2 rings (SSSR count). The van der Waals surface area contributed by atoms with Gasteiger partial charge in [-0.3, -0.25) is 4.99 Å². The van der Waals surface area contributed by atoms with E-state index in [1.807, 2.05) is 50.5 Å². The van der Waals surface area contributed by atoms with Crippen molar-refractivity contribution in [2.75, 3.05) is 34.3 Å². The van der Waals surface area contributed by atoms with Crippen LogP contribution in [0.3, 0.4) is 0 Å². The van der Waals surface area contributed by atoms with Crippen LogP contribution in [0.1, 0.15) is 17.2 Å². The van der Waals surface area contributed by atoms with Gasteiger partial charge in [0.1, 0.15) is 5.75 Å². The number of guanidine groups is 1. The molecule has 0 aliphatic carbocycles. The fourth-order valence-electron chi connectivity index (χ4n) is 2.64. The van der Waals surface area contributed by atoms with Crippen LogP contribution in [0, 0.1) is 0 Å². The smallest absolute Gasteiger partial charge is 0.188 e. The molecule has 0 heterocycles. The summed E-state index contributed by atoms with van der Waals surface area (Å²) in [7, 11) is 5.76. The highest BCUT2D eigenvalue weighted by atomic mass is 16.5. The number of nitrogens with one attached hydrogen (secondary N) is 1. The summed E-state index contributed by atoms with van der Waals surface area (Å²) in [5.41, 5.74) is 8.46. The van der Waals surface area contributed by atoms with Crippen molar-refractivity contribution in [2.45, 2.75) is 12.5 Å². The summed E-state index contributed by atoms with van der Waals surface area (Å²) in [4.78, 5) is 6.64. The van der Waals surface area contributed by atoms with E-state index in [4.69, 9.17) is 10.5 Å². The van der Waals surface area contributed by atoms with Crippen molar-refractivity contribution in [1.82, 2.24) is 10.2 Å². The number of rotatable bonds is 8. The highest BCUT2D eigenvalue weighted by molar-refractivity contribution is 5.77. The van der Waals surface area contributed by atoms with E-state index in [-0.39, 0.29) is 6.04 Å². The van der Waals surface area contributed by atoms with Crippen molar-refractivity contribution in [1.29, 1.82) is 0 Å². The molecule has 5 nitrogen and oxygen atoms in total. The number of nitrogens with zero attached hydrogens (tertiary/aromatic N) is 2. The Kier molecular flexibility index (Phi) is 7.29. The minimum Gasteiger partial charge on any atom is -0.497 e. The molecule has 0 spiro atoms. The van der Waals surface area contributed by atoms with Crippen LogP contribution in [-0.4, -0.2) is 45.2 Å². The number of hydrogen-bond donors (Lipinski definition) is 2. The fraction of sp³-hybridized carbons (Fsp3) is 0.350. The highest BCUT2D eigenvalue weighted by Gasteiger charge is 2.14. The molecule has 0 aliphatic rings. The van der Waals surface area contributed by atoms with Crippen LogP contribution in [0.5, 0.6) is 5.75 Å². The number of likely N-dealkylation sites (N-methyl/N-ethyl adjacent to an activating group) is 1. The third-order valence-corrected chi connectivity index (χ3v) is 4.10. The molecule has 0 bridgehead atoms. The lowest BCUT2D eigenvalue weighted by Gasteiger charge is -2.23. The number of benzene rings is 2. The minimum atomic E-state index is 0.143. The second-order valence-electron chi connectivity index (χ2n) is 6.14. The molecule has 2 aromatic carbocycles. The number of ether oxygens (including phenoxy) is 1. The standard InChI is InChI=1S/C20H28N4O/c1-24(2)19(17-10-7-11-18(14-17)25-3)15-23-20(21)22-13-12-16-8-5-4-6-9-16/h4-11,14,19H,12-13,15H2,1-3H3,(H3,21,22,23).